The van der Waals surface area contributed by atoms with E-state index in [0.29, 0.717) is 28.5 Å². The predicted molar refractivity (Wildman–Crippen MR) is 101 cm³/mol. The van der Waals surface area contributed by atoms with Gasteiger partial charge in [0.25, 0.3) is 5.91 Å². The normalized spacial score (nSPS) is 11.3. The lowest BCUT2D eigenvalue weighted by molar-refractivity contribution is 0.0985. The molecular weight excluding hydrogens is 356 g/mol. The van der Waals surface area contributed by atoms with Crippen molar-refractivity contribution in [1.82, 2.24) is 9.88 Å². The fourth-order valence-corrected chi connectivity index (χ4v) is 3.61. The molecular formula is C19H19F2N3OS. The number of amides is 1. The van der Waals surface area contributed by atoms with E-state index in [2.05, 4.69) is 4.98 Å². The van der Waals surface area contributed by atoms with Crippen molar-refractivity contribution in [3.8, 4) is 0 Å². The summed E-state index contributed by atoms with van der Waals surface area (Å²) in [5.41, 5.74) is 1.59. The smallest absolute Gasteiger partial charge is 0.260 e. The van der Waals surface area contributed by atoms with E-state index < -0.39 is 11.6 Å². The second kappa shape index (κ2) is 7.47. The Hall–Kier alpha value is -2.38. The van der Waals surface area contributed by atoms with Gasteiger partial charge in [0.1, 0.15) is 11.3 Å². The molecule has 0 N–H and O–H groups in total. The Morgan fingerprint density at radius 1 is 1.15 bits per heavy atom. The van der Waals surface area contributed by atoms with Gasteiger partial charge in [-0.2, -0.15) is 0 Å². The van der Waals surface area contributed by atoms with Crippen molar-refractivity contribution >= 4 is 32.6 Å². The van der Waals surface area contributed by atoms with Crippen LogP contribution in [0.4, 0.5) is 13.9 Å². The SMILES string of the molecule is Cc1cccc(C(=O)N(CCN(C)C)c2nc3c(F)cc(F)cc3s2)c1. The Labute approximate surface area is 154 Å². The summed E-state index contributed by atoms with van der Waals surface area (Å²) < 4.78 is 27.9. The third-order valence-electron chi connectivity index (χ3n) is 3.91. The van der Waals surface area contributed by atoms with Crippen molar-refractivity contribution in [1.29, 1.82) is 0 Å². The predicted octanol–water partition coefficient (Wildman–Crippen LogP) is 4.09. The summed E-state index contributed by atoms with van der Waals surface area (Å²) in [7, 11) is 3.81. The molecule has 0 aliphatic rings. The molecule has 0 saturated heterocycles. The van der Waals surface area contributed by atoms with Crippen LogP contribution in [0, 0.1) is 18.6 Å². The van der Waals surface area contributed by atoms with Crippen LogP contribution < -0.4 is 4.90 Å². The molecule has 3 rings (SSSR count). The topological polar surface area (TPSA) is 36.4 Å². The Kier molecular flexibility index (Phi) is 5.29. The largest absolute Gasteiger partial charge is 0.308 e. The number of carbonyl (C=O) groups excluding carboxylic acids is 1. The van der Waals surface area contributed by atoms with E-state index in [4.69, 9.17) is 0 Å². The molecule has 4 nitrogen and oxygen atoms in total. The number of rotatable bonds is 5. The van der Waals surface area contributed by atoms with Crippen LogP contribution in [0.15, 0.2) is 36.4 Å². The van der Waals surface area contributed by atoms with Crippen LogP contribution in [0.5, 0.6) is 0 Å². The van der Waals surface area contributed by atoms with Crippen molar-refractivity contribution in [3.05, 3.63) is 59.2 Å². The fraction of sp³-hybridized carbons (Fsp3) is 0.263. The van der Waals surface area contributed by atoms with E-state index in [9.17, 15) is 13.6 Å². The molecule has 0 saturated carbocycles. The lowest BCUT2D eigenvalue weighted by atomic mass is 10.1. The summed E-state index contributed by atoms with van der Waals surface area (Å²) in [6.45, 7) is 2.92. The van der Waals surface area contributed by atoms with Crippen LogP contribution in [0.2, 0.25) is 0 Å². The summed E-state index contributed by atoms with van der Waals surface area (Å²) in [6.07, 6.45) is 0. The van der Waals surface area contributed by atoms with Gasteiger partial charge in [0.2, 0.25) is 0 Å². The standard InChI is InChI=1S/C19H19F2N3OS/c1-12-5-4-6-13(9-12)18(25)24(8-7-23(2)3)19-22-17-15(21)10-14(20)11-16(17)26-19/h4-6,9-11H,7-8H2,1-3H3. The van der Waals surface area contributed by atoms with E-state index in [1.807, 2.05) is 38.1 Å². The second-order valence-corrected chi connectivity index (χ2v) is 7.37. The Morgan fingerprint density at radius 3 is 2.62 bits per heavy atom. The minimum Gasteiger partial charge on any atom is -0.308 e. The minimum atomic E-state index is -0.724. The number of thiazole rings is 1. The summed E-state index contributed by atoms with van der Waals surface area (Å²) in [4.78, 5) is 20.8. The van der Waals surface area contributed by atoms with Crippen LogP contribution in [-0.2, 0) is 0 Å². The molecule has 7 heteroatoms. The van der Waals surface area contributed by atoms with Gasteiger partial charge >= 0.3 is 0 Å². The number of aryl methyl sites for hydroxylation is 1. The first-order chi connectivity index (χ1) is 12.3. The molecule has 1 amide bonds. The maximum atomic E-state index is 14.0. The van der Waals surface area contributed by atoms with Gasteiger partial charge in [0.15, 0.2) is 10.9 Å². The number of benzene rings is 2. The lowest BCUT2D eigenvalue weighted by Crippen LogP contribution is -2.36. The zero-order valence-corrected chi connectivity index (χ0v) is 15.6. The summed E-state index contributed by atoms with van der Waals surface area (Å²) in [5, 5.41) is 0.359. The quantitative estimate of drug-likeness (QED) is 0.674. The molecule has 0 radical (unpaired) electrons. The Balaban J connectivity index is 2.03. The van der Waals surface area contributed by atoms with Gasteiger partial charge < -0.3 is 4.90 Å². The van der Waals surface area contributed by atoms with E-state index in [-0.39, 0.29) is 11.4 Å². The third kappa shape index (κ3) is 3.89. The highest BCUT2D eigenvalue weighted by atomic mass is 32.1. The summed E-state index contributed by atoms with van der Waals surface area (Å²) in [6, 6.07) is 9.32. The number of anilines is 1. The molecule has 3 aromatic rings. The minimum absolute atomic E-state index is 0.0818. The van der Waals surface area contributed by atoms with E-state index >= 15 is 0 Å². The van der Waals surface area contributed by atoms with Crippen molar-refractivity contribution in [3.63, 3.8) is 0 Å². The van der Waals surface area contributed by atoms with Crippen LogP contribution in [-0.4, -0.2) is 43.0 Å². The number of hydrogen-bond acceptors (Lipinski definition) is 4. The lowest BCUT2D eigenvalue weighted by Gasteiger charge is -2.22. The molecule has 1 heterocycles. The molecule has 1 aromatic heterocycles. The molecule has 0 spiro atoms. The highest BCUT2D eigenvalue weighted by molar-refractivity contribution is 7.22. The van der Waals surface area contributed by atoms with Gasteiger partial charge in [-0.05, 0) is 39.2 Å². The highest BCUT2D eigenvalue weighted by Crippen LogP contribution is 2.32. The van der Waals surface area contributed by atoms with E-state index in [1.165, 1.54) is 11.0 Å². The Morgan fingerprint density at radius 2 is 1.92 bits per heavy atom. The molecule has 0 aliphatic heterocycles. The molecule has 0 fully saturated rings. The number of nitrogens with zero attached hydrogens (tertiary/aromatic N) is 3. The van der Waals surface area contributed by atoms with Gasteiger partial charge in [-0.1, -0.05) is 29.0 Å². The van der Waals surface area contributed by atoms with E-state index in [1.54, 1.807) is 12.1 Å². The number of fused-ring (bicyclic) bond motifs is 1. The monoisotopic (exact) mass is 375 g/mol. The van der Waals surface area contributed by atoms with Gasteiger partial charge in [0.05, 0.1) is 4.70 Å². The van der Waals surface area contributed by atoms with Crippen LogP contribution in [0.25, 0.3) is 10.2 Å². The molecule has 2 aromatic carbocycles. The van der Waals surface area contributed by atoms with Crippen LogP contribution >= 0.6 is 11.3 Å². The number of halogens is 2. The zero-order valence-electron chi connectivity index (χ0n) is 14.8. The molecule has 0 unspecified atom stereocenters. The van der Waals surface area contributed by atoms with Gasteiger partial charge in [-0.15, -0.1) is 0 Å². The van der Waals surface area contributed by atoms with Gasteiger partial charge in [-0.25, -0.2) is 13.8 Å². The average molecular weight is 375 g/mol. The van der Waals surface area contributed by atoms with Crippen molar-refractivity contribution in [2.24, 2.45) is 0 Å². The first-order valence-electron chi connectivity index (χ1n) is 8.14. The number of likely N-dealkylation sites (N-methyl/N-ethyl adjacent to an activating group) is 1. The third-order valence-corrected chi connectivity index (χ3v) is 4.94. The summed E-state index contributed by atoms with van der Waals surface area (Å²) >= 11 is 1.11. The van der Waals surface area contributed by atoms with Crippen molar-refractivity contribution < 1.29 is 13.6 Å². The fourth-order valence-electron chi connectivity index (χ4n) is 2.58. The van der Waals surface area contributed by atoms with Gasteiger partial charge in [-0.3, -0.25) is 9.69 Å². The summed E-state index contributed by atoms with van der Waals surface area (Å²) in [5.74, 6) is -1.59. The molecule has 136 valence electrons. The van der Waals surface area contributed by atoms with E-state index in [0.717, 1.165) is 23.0 Å². The highest BCUT2D eigenvalue weighted by Gasteiger charge is 2.22. The first kappa shape index (κ1) is 18.4. The van der Waals surface area contributed by atoms with Crippen molar-refractivity contribution in [2.45, 2.75) is 6.92 Å². The molecule has 0 bridgehead atoms. The number of carbonyl (C=O) groups is 1. The second-order valence-electron chi connectivity index (χ2n) is 6.36. The maximum Gasteiger partial charge on any atom is 0.260 e. The molecule has 26 heavy (non-hydrogen) atoms. The number of hydrogen-bond donors (Lipinski definition) is 0. The van der Waals surface area contributed by atoms with Crippen LogP contribution in [0.1, 0.15) is 15.9 Å². The zero-order chi connectivity index (χ0) is 18.8. The average Bonchev–Trinajstić information content (AvgIpc) is 2.98. The molecule has 0 aliphatic carbocycles. The first-order valence-corrected chi connectivity index (χ1v) is 8.95. The number of aromatic nitrogens is 1. The van der Waals surface area contributed by atoms with Gasteiger partial charge in [0, 0.05) is 24.7 Å². The van der Waals surface area contributed by atoms with Crippen LogP contribution in [0.3, 0.4) is 0 Å². The Bertz CT molecular complexity index is 955. The van der Waals surface area contributed by atoms with Crippen molar-refractivity contribution in [2.75, 3.05) is 32.1 Å². The maximum absolute atomic E-state index is 14.0. The molecule has 0 atom stereocenters.